The van der Waals surface area contributed by atoms with Gasteiger partial charge in [-0.2, -0.15) is 0 Å². The molecule has 1 aromatic heterocycles. The average molecular weight is 568 g/mol. The maximum absolute atomic E-state index is 13.1. The van der Waals surface area contributed by atoms with E-state index in [-0.39, 0.29) is 5.91 Å². The normalized spacial score (nSPS) is 11.9. The Hall–Kier alpha value is -2.80. The van der Waals surface area contributed by atoms with E-state index in [1.807, 2.05) is 54.0 Å². The number of aryl methyl sites for hydroxylation is 1. The van der Waals surface area contributed by atoms with E-state index in [9.17, 15) is 4.79 Å². The van der Waals surface area contributed by atoms with E-state index >= 15 is 0 Å². The summed E-state index contributed by atoms with van der Waals surface area (Å²) in [5.41, 5.74) is 3.70. The first-order valence-corrected chi connectivity index (χ1v) is 14.7. The van der Waals surface area contributed by atoms with Gasteiger partial charge in [-0.25, -0.2) is 0 Å². The summed E-state index contributed by atoms with van der Waals surface area (Å²) >= 11 is 14.5. The summed E-state index contributed by atoms with van der Waals surface area (Å²) in [6, 6.07) is 22.9. The third kappa shape index (κ3) is 7.40. The van der Waals surface area contributed by atoms with Crippen LogP contribution in [0.2, 0.25) is 10.0 Å². The van der Waals surface area contributed by atoms with Gasteiger partial charge in [0.2, 0.25) is 0 Å². The Morgan fingerprint density at radius 3 is 2.45 bits per heavy atom. The van der Waals surface area contributed by atoms with Crippen LogP contribution in [0.15, 0.2) is 78.0 Å². The molecule has 0 aliphatic heterocycles. The van der Waals surface area contributed by atoms with E-state index in [4.69, 9.17) is 23.2 Å². The summed E-state index contributed by atoms with van der Waals surface area (Å²) in [5, 5.41) is 13.7. The minimum atomic E-state index is -0.426. The Bertz CT molecular complexity index is 1340. The van der Waals surface area contributed by atoms with Crippen LogP contribution in [0.4, 0.5) is 0 Å². The predicted octanol–water partition coefficient (Wildman–Crippen LogP) is 8.48. The maximum Gasteiger partial charge on any atom is 0.251 e. The second kappa shape index (κ2) is 13.8. The van der Waals surface area contributed by atoms with E-state index in [1.165, 1.54) is 36.8 Å². The number of amides is 1. The minimum Gasteiger partial charge on any atom is -0.342 e. The molecule has 0 fully saturated rings. The van der Waals surface area contributed by atoms with Crippen LogP contribution in [0.25, 0.3) is 5.69 Å². The molecule has 3 aromatic carbocycles. The molecule has 1 N–H and O–H groups in total. The fourth-order valence-electron chi connectivity index (χ4n) is 4.18. The van der Waals surface area contributed by atoms with Crippen LogP contribution in [0, 0.1) is 0 Å². The fourth-order valence-corrected chi connectivity index (χ4v) is 5.46. The number of hydrogen-bond donors (Lipinski definition) is 1. The quantitative estimate of drug-likeness (QED) is 0.138. The van der Waals surface area contributed by atoms with Gasteiger partial charge in [0, 0.05) is 16.3 Å². The highest BCUT2D eigenvalue weighted by atomic mass is 35.5. The van der Waals surface area contributed by atoms with Crippen molar-refractivity contribution in [2.75, 3.05) is 0 Å². The van der Waals surface area contributed by atoms with Crippen molar-refractivity contribution >= 4 is 40.9 Å². The van der Waals surface area contributed by atoms with Crippen LogP contribution in [-0.2, 0) is 12.2 Å². The molecule has 0 saturated heterocycles. The lowest BCUT2D eigenvalue weighted by molar-refractivity contribution is 0.0938. The minimum absolute atomic E-state index is 0.166. The van der Waals surface area contributed by atoms with E-state index in [0.29, 0.717) is 38.0 Å². The highest BCUT2D eigenvalue weighted by Gasteiger charge is 2.23. The zero-order valence-corrected chi connectivity index (χ0v) is 24.0. The summed E-state index contributed by atoms with van der Waals surface area (Å²) in [6.45, 7) is 4.11. The van der Waals surface area contributed by atoms with Crippen molar-refractivity contribution in [3.8, 4) is 5.69 Å². The Morgan fingerprint density at radius 1 is 0.947 bits per heavy atom. The van der Waals surface area contributed by atoms with Gasteiger partial charge in [0.05, 0.1) is 16.8 Å². The van der Waals surface area contributed by atoms with Crippen molar-refractivity contribution in [3.63, 3.8) is 0 Å². The van der Waals surface area contributed by atoms with Crippen LogP contribution >= 0.6 is 35.0 Å². The highest BCUT2D eigenvalue weighted by Crippen LogP contribution is 2.32. The lowest BCUT2D eigenvalue weighted by Gasteiger charge is -2.17. The highest BCUT2D eigenvalue weighted by molar-refractivity contribution is 7.98. The third-order valence-corrected chi connectivity index (χ3v) is 7.84. The molecule has 0 spiro atoms. The number of carbonyl (C=O) groups is 1. The number of nitrogens with zero attached hydrogens (tertiary/aromatic N) is 3. The average Bonchev–Trinajstić information content (AvgIpc) is 3.36. The summed E-state index contributed by atoms with van der Waals surface area (Å²) in [7, 11) is 0. The molecule has 5 nitrogen and oxygen atoms in total. The lowest BCUT2D eigenvalue weighted by Crippen LogP contribution is -2.28. The summed E-state index contributed by atoms with van der Waals surface area (Å²) in [5.74, 6) is 1.12. The Kier molecular flexibility index (Phi) is 10.3. The summed E-state index contributed by atoms with van der Waals surface area (Å²) in [6.07, 6.45) is 5.92. The number of aromatic nitrogens is 3. The molecule has 1 atom stereocenters. The van der Waals surface area contributed by atoms with Gasteiger partial charge in [-0.15, -0.1) is 10.2 Å². The number of rotatable bonds is 12. The van der Waals surface area contributed by atoms with Crippen LogP contribution in [0.5, 0.6) is 0 Å². The van der Waals surface area contributed by atoms with Gasteiger partial charge in [-0.3, -0.25) is 9.36 Å². The fraction of sp³-hybridized carbons (Fsp3) is 0.300. The molecule has 0 radical (unpaired) electrons. The van der Waals surface area contributed by atoms with Crippen molar-refractivity contribution in [2.24, 2.45) is 0 Å². The zero-order chi connectivity index (χ0) is 26.9. The van der Waals surface area contributed by atoms with E-state index in [2.05, 4.69) is 34.6 Å². The molecule has 4 aromatic rings. The van der Waals surface area contributed by atoms with E-state index in [1.54, 1.807) is 30.0 Å². The number of nitrogens with one attached hydrogen (secondary N) is 1. The smallest absolute Gasteiger partial charge is 0.251 e. The van der Waals surface area contributed by atoms with Crippen molar-refractivity contribution in [2.45, 2.75) is 62.9 Å². The number of halogens is 2. The number of unbranched alkanes of at least 4 members (excludes halogenated alkanes) is 3. The largest absolute Gasteiger partial charge is 0.342 e. The van der Waals surface area contributed by atoms with Crippen molar-refractivity contribution in [1.29, 1.82) is 0 Å². The first kappa shape index (κ1) is 28.2. The molecule has 4 rings (SSSR count). The van der Waals surface area contributed by atoms with Gasteiger partial charge < -0.3 is 5.32 Å². The third-order valence-electron chi connectivity index (χ3n) is 6.29. The van der Waals surface area contributed by atoms with Crippen LogP contribution < -0.4 is 5.32 Å². The topological polar surface area (TPSA) is 59.8 Å². The predicted molar refractivity (Wildman–Crippen MR) is 158 cm³/mol. The van der Waals surface area contributed by atoms with Gasteiger partial charge in [-0.1, -0.05) is 104 Å². The Morgan fingerprint density at radius 2 is 1.71 bits per heavy atom. The number of hydrogen-bond acceptors (Lipinski definition) is 4. The van der Waals surface area contributed by atoms with Gasteiger partial charge >= 0.3 is 0 Å². The Balaban J connectivity index is 1.53. The second-order valence-corrected chi connectivity index (χ2v) is 11.0. The van der Waals surface area contributed by atoms with E-state index in [0.717, 1.165) is 6.42 Å². The van der Waals surface area contributed by atoms with E-state index < -0.39 is 6.04 Å². The first-order valence-electron chi connectivity index (χ1n) is 12.9. The first-order chi connectivity index (χ1) is 18.5. The molecule has 0 aliphatic carbocycles. The molecular weight excluding hydrogens is 535 g/mol. The summed E-state index contributed by atoms with van der Waals surface area (Å²) in [4.78, 5) is 13.1. The monoisotopic (exact) mass is 566 g/mol. The molecule has 8 heteroatoms. The number of carbonyl (C=O) groups excluding carboxylic acids is 1. The molecule has 0 saturated carbocycles. The Labute approximate surface area is 239 Å². The van der Waals surface area contributed by atoms with Crippen LogP contribution in [-0.4, -0.2) is 20.7 Å². The number of benzene rings is 3. The lowest BCUT2D eigenvalue weighted by atomic mass is 10.0. The molecule has 0 aliphatic rings. The maximum atomic E-state index is 13.1. The zero-order valence-electron chi connectivity index (χ0n) is 21.7. The molecule has 1 unspecified atom stereocenters. The summed E-state index contributed by atoms with van der Waals surface area (Å²) < 4.78 is 1.88. The molecule has 0 bridgehead atoms. The molecule has 198 valence electrons. The van der Waals surface area contributed by atoms with Crippen molar-refractivity contribution in [1.82, 2.24) is 20.1 Å². The standard InChI is InChI=1S/C30H32Cl2N4OS/c1-3-4-5-7-10-22-13-15-24(16-14-22)29(37)33-21(2)28-34-35-30(38-20-23-11-8-6-9-12-23)36(28)27-19-25(31)17-18-26(27)32/h6,8-9,11-19,21H,3-5,7,10,20H2,1-2H3,(H,33,37). The van der Waals surface area contributed by atoms with Crippen molar-refractivity contribution < 1.29 is 4.79 Å². The van der Waals surface area contributed by atoms with Crippen LogP contribution in [0.1, 0.15) is 72.9 Å². The van der Waals surface area contributed by atoms with Gasteiger partial charge in [-0.05, 0) is 61.2 Å². The molecule has 1 amide bonds. The van der Waals surface area contributed by atoms with Gasteiger partial charge in [0.1, 0.15) is 0 Å². The van der Waals surface area contributed by atoms with Crippen LogP contribution in [0.3, 0.4) is 0 Å². The molecular formula is C30H32Cl2N4OS. The van der Waals surface area contributed by atoms with Gasteiger partial charge in [0.25, 0.3) is 5.91 Å². The number of thioether (sulfide) groups is 1. The molecule has 38 heavy (non-hydrogen) atoms. The van der Waals surface area contributed by atoms with Crippen molar-refractivity contribution in [3.05, 3.63) is 105 Å². The second-order valence-electron chi connectivity index (χ2n) is 9.25. The van der Waals surface area contributed by atoms with Gasteiger partial charge in [0.15, 0.2) is 11.0 Å². The SMILES string of the molecule is CCCCCCc1ccc(C(=O)NC(C)c2nnc(SCc3ccccc3)n2-c2cc(Cl)ccc2Cl)cc1. The molecule has 1 heterocycles.